The first-order valence-electron chi connectivity index (χ1n) is 11.5. The first-order valence-corrected chi connectivity index (χ1v) is 11.5. The minimum absolute atomic E-state index is 0.0644. The number of carbonyl (C=O) groups is 2. The smallest absolute Gasteiger partial charge is 0.331 e. The number of allylic oxidation sites excluding steroid dienone is 1. The molecule has 1 saturated heterocycles. The van der Waals surface area contributed by atoms with E-state index >= 15 is 0 Å². The Morgan fingerprint density at radius 2 is 1.97 bits per heavy atom. The van der Waals surface area contributed by atoms with E-state index in [4.69, 9.17) is 9.47 Å². The van der Waals surface area contributed by atoms with Crippen LogP contribution >= 0.6 is 0 Å². The lowest BCUT2D eigenvalue weighted by molar-refractivity contribution is -0.181. The second kappa shape index (κ2) is 7.22. The molecule has 0 aromatic heterocycles. The third-order valence-corrected chi connectivity index (χ3v) is 8.69. The number of aliphatic hydroxyl groups is 1. The Morgan fingerprint density at radius 1 is 1.23 bits per heavy atom. The van der Waals surface area contributed by atoms with Crippen molar-refractivity contribution in [3.8, 4) is 0 Å². The average Bonchev–Trinajstić information content (AvgIpc) is 3.08. The van der Waals surface area contributed by atoms with Crippen LogP contribution in [0.5, 0.6) is 0 Å². The summed E-state index contributed by atoms with van der Waals surface area (Å²) in [5.41, 5.74) is 0.869. The number of rotatable bonds is 5. The number of ether oxygens (including phenoxy) is 2. The van der Waals surface area contributed by atoms with Gasteiger partial charge < -0.3 is 14.6 Å². The van der Waals surface area contributed by atoms with Crippen LogP contribution in [0, 0.1) is 22.7 Å². The van der Waals surface area contributed by atoms with Crippen LogP contribution in [0.25, 0.3) is 0 Å². The fraction of sp³-hybridized carbons (Fsp3) is 0.760. The minimum atomic E-state index is -0.848. The molecule has 0 unspecified atom stereocenters. The summed E-state index contributed by atoms with van der Waals surface area (Å²) in [5, 5.41) is 11.4. The molecule has 166 valence electrons. The molecular weight excluding hydrogens is 380 g/mol. The molecule has 2 aliphatic heterocycles. The lowest BCUT2D eigenvalue weighted by atomic mass is 9.45. The molecule has 30 heavy (non-hydrogen) atoms. The van der Waals surface area contributed by atoms with Gasteiger partial charge in [0.05, 0.1) is 11.0 Å². The van der Waals surface area contributed by atoms with Gasteiger partial charge in [0.15, 0.2) is 0 Å². The van der Waals surface area contributed by atoms with E-state index in [0.717, 1.165) is 37.7 Å². The molecule has 1 N–H and O–H groups in total. The summed E-state index contributed by atoms with van der Waals surface area (Å²) in [6.45, 7) is 10.3. The predicted molar refractivity (Wildman–Crippen MR) is 113 cm³/mol. The van der Waals surface area contributed by atoms with Crippen LogP contribution in [-0.2, 0) is 19.1 Å². The van der Waals surface area contributed by atoms with E-state index < -0.39 is 11.0 Å². The Labute approximate surface area is 179 Å². The Hall–Kier alpha value is -1.62. The predicted octanol–water partition coefficient (Wildman–Crippen LogP) is 4.48. The molecule has 0 aromatic rings. The molecule has 0 radical (unpaired) electrons. The van der Waals surface area contributed by atoms with Crippen LogP contribution in [0.3, 0.4) is 0 Å². The van der Waals surface area contributed by atoms with Crippen LogP contribution in [0.1, 0.15) is 79.6 Å². The van der Waals surface area contributed by atoms with Gasteiger partial charge in [-0.15, -0.1) is 0 Å². The van der Waals surface area contributed by atoms with E-state index in [9.17, 15) is 14.7 Å². The van der Waals surface area contributed by atoms with Gasteiger partial charge in [-0.05, 0) is 70.3 Å². The molecule has 0 aromatic carbocycles. The van der Waals surface area contributed by atoms with E-state index in [0.29, 0.717) is 12.8 Å². The van der Waals surface area contributed by atoms with E-state index in [1.165, 1.54) is 5.57 Å². The molecule has 7 atom stereocenters. The molecule has 5 nitrogen and oxygen atoms in total. The first-order chi connectivity index (χ1) is 14.0. The third-order valence-electron chi connectivity index (χ3n) is 8.69. The lowest BCUT2D eigenvalue weighted by Crippen LogP contribution is -2.61. The van der Waals surface area contributed by atoms with Gasteiger partial charge >= 0.3 is 11.9 Å². The van der Waals surface area contributed by atoms with Crippen molar-refractivity contribution in [2.45, 2.75) is 97.4 Å². The Kier molecular flexibility index (Phi) is 5.20. The van der Waals surface area contributed by atoms with Crippen molar-refractivity contribution in [2.75, 3.05) is 0 Å². The molecule has 4 aliphatic rings. The highest BCUT2D eigenvalue weighted by molar-refractivity contribution is 5.85. The molecule has 2 aliphatic carbocycles. The Morgan fingerprint density at radius 3 is 2.63 bits per heavy atom. The summed E-state index contributed by atoms with van der Waals surface area (Å²) in [7, 11) is 0. The van der Waals surface area contributed by atoms with Gasteiger partial charge in [-0.3, -0.25) is 4.79 Å². The van der Waals surface area contributed by atoms with Crippen molar-refractivity contribution in [3.05, 3.63) is 23.3 Å². The molecule has 4 rings (SSSR count). The molecule has 2 saturated carbocycles. The normalized spacial score (nSPS) is 45.7. The Balaban J connectivity index is 1.49. The zero-order valence-corrected chi connectivity index (χ0v) is 19.0. The van der Waals surface area contributed by atoms with Gasteiger partial charge in [0.1, 0.15) is 12.2 Å². The van der Waals surface area contributed by atoms with Crippen molar-refractivity contribution in [2.24, 2.45) is 22.7 Å². The fourth-order valence-electron chi connectivity index (χ4n) is 7.29. The molecule has 2 heterocycles. The van der Waals surface area contributed by atoms with E-state index in [2.05, 4.69) is 26.8 Å². The zero-order valence-electron chi connectivity index (χ0n) is 19.0. The maximum atomic E-state index is 12.7. The van der Waals surface area contributed by atoms with Gasteiger partial charge in [0.25, 0.3) is 0 Å². The van der Waals surface area contributed by atoms with Gasteiger partial charge in [-0.1, -0.05) is 25.0 Å². The molecular formula is C25H36O5. The molecule has 0 spiro atoms. The quantitative estimate of drug-likeness (QED) is 0.528. The van der Waals surface area contributed by atoms with Gasteiger partial charge in [-0.25, -0.2) is 4.79 Å². The van der Waals surface area contributed by atoms with E-state index in [1.807, 2.05) is 13.8 Å². The van der Waals surface area contributed by atoms with Crippen molar-refractivity contribution in [3.63, 3.8) is 0 Å². The number of esters is 2. The second-order valence-electron chi connectivity index (χ2n) is 11.0. The summed E-state index contributed by atoms with van der Waals surface area (Å²) in [6, 6.07) is 0. The van der Waals surface area contributed by atoms with Crippen LogP contribution < -0.4 is 0 Å². The maximum absolute atomic E-state index is 12.7. The highest BCUT2D eigenvalue weighted by atomic mass is 16.6. The third kappa shape index (κ3) is 3.34. The number of carbonyl (C=O) groups excluding carboxylic acids is 2. The average molecular weight is 417 g/mol. The summed E-state index contributed by atoms with van der Waals surface area (Å²) in [4.78, 5) is 24.1. The SMILES string of the molecule is CC1=CC(=O)O[C@H]1C/C=C(\C)CC[C@@H]1[C@@]2(C)CCC[C@@]3(C)C(=O)O[C@@H](C[C@@]1(C)O)[C@@H]23. The molecule has 0 amide bonds. The zero-order chi connectivity index (χ0) is 21.9. The highest BCUT2D eigenvalue weighted by Gasteiger charge is 2.69. The number of hydrogen-bond acceptors (Lipinski definition) is 5. The molecule has 3 fully saturated rings. The number of hydrogen-bond donors (Lipinski definition) is 1. The first kappa shape index (κ1) is 21.6. The fourth-order valence-corrected chi connectivity index (χ4v) is 7.29. The van der Waals surface area contributed by atoms with Crippen molar-refractivity contribution < 1.29 is 24.2 Å². The van der Waals surface area contributed by atoms with Gasteiger partial charge in [-0.2, -0.15) is 0 Å². The van der Waals surface area contributed by atoms with E-state index in [1.54, 1.807) is 6.08 Å². The summed E-state index contributed by atoms with van der Waals surface area (Å²) in [5.74, 6) is -0.00966. The van der Waals surface area contributed by atoms with Crippen LogP contribution in [0.15, 0.2) is 23.3 Å². The Bertz CT molecular complexity index is 808. The van der Waals surface area contributed by atoms with Crippen LogP contribution in [0.4, 0.5) is 0 Å². The molecule has 5 heteroatoms. The summed E-state index contributed by atoms with van der Waals surface area (Å²) in [6.07, 6.45) is 9.35. The number of cyclic esters (lactones) is 1. The van der Waals surface area contributed by atoms with Crippen molar-refractivity contribution >= 4 is 11.9 Å². The largest absolute Gasteiger partial charge is 0.461 e. The maximum Gasteiger partial charge on any atom is 0.331 e. The van der Waals surface area contributed by atoms with Gasteiger partial charge in [0, 0.05) is 24.8 Å². The standard InChI is InChI=1S/C25H36O5/c1-15(7-9-17-16(2)13-20(26)29-17)8-10-19-23(3)11-6-12-24(4)21(23)18(30-22(24)27)14-25(19,5)28/h7,13,17-19,21,28H,6,8-12,14H2,1-5H3/b15-7+/t17-,18-,19+,21-,23+,24+,25+/m0/s1. The topological polar surface area (TPSA) is 72.8 Å². The molecule has 0 bridgehead atoms. The second-order valence-corrected chi connectivity index (χ2v) is 11.0. The highest BCUT2D eigenvalue weighted by Crippen LogP contribution is 2.66. The lowest BCUT2D eigenvalue weighted by Gasteiger charge is -2.59. The van der Waals surface area contributed by atoms with Crippen molar-refractivity contribution in [1.29, 1.82) is 0 Å². The van der Waals surface area contributed by atoms with Crippen LogP contribution in [-0.4, -0.2) is 34.9 Å². The van der Waals surface area contributed by atoms with E-state index in [-0.39, 0.29) is 41.4 Å². The van der Waals surface area contributed by atoms with Gasteiger partial charge in [0.2, 0.25) is 0 Å². The van der Waals surface area contributed by atoms with Crippen molar-refractivity contribution in [1.82, 2.24) is 0 Å². The van der Waals surface area contributed by atoms with Crippen LogP contribution in [0.2, 0.25) is 0 Å². The summed E-state index contributed by atoms with van der Waals surface area (Å²) >= 11 is 0. The summed E-state index contributed by atoms with van der Waals surface area (Å²) < 4.78 is 11.1. The monoisotopic (exact) mass is 416 g/mol. The minimum Gasteiger partial charge on any atom is -0.461 e.